The van der Waals surface area contributed by atoms with Gasteiger partial charge in [0.05, 0.1) is 18.2 Å². The van der Waals surface area contributed by atoms with E-state index < -0.39 is 11.4 Å². The first-order chi connectivity index (χ1) is 10.1. The summed E-state index contributed by atoms with van der Waals surface area (Å²) in [6.45, 7) is 0. The molecule has 0 saturated heterocycles. The second-order valence-electron chi connectivity index (χ2n) is 4.57. The van der Waals surface area contributed by atoms with Crippen molar-refractivity contribution in [2.75, 3.05) is 7.11 Å². The molecule has 21 heavy (non-hydrogen) atoms. The monoisotopic (exact) mass is 285 g/mol. The Bertz CT molecular complexity index is 886. The average Bonchev–Trinajstić information content (AvgIpc) is 2.49. The lowest BCUT2D eigenvalue weighted by molar-refractivity contribution is 0.415. The van der Waals surface area contributed by atoms with Crippen LogP contribution in [0.2, 0.25) is 0 Å². The average molecular weight is 285 g/mol. The van der Waals surface area contributed by atoms with Gasteiger partial charge in [0.2, 0.25) is 0 Å². The summed E-state index contributed by atoms with van der Waals surface area (Å²) < 4.78 is 18.6. The van der Waals surface area contributed by atoms with Gasteiger partial charge in [-0.1, -0.05) is 18.2 Å². The van der Waals surface area contributed by atoms with Gasteiger partial charge >= 0.3 is 0 Å². The van der Waals surface area contributed by atoms with Crippen LogP contribution in [0, 0.1) is 5.82 Å². The number of aromatic hydroxyl groups is 1. The normalized spacial score (nSPS) is 10.8. The molecule has 0 unspecified atom stereocenters. The molecule has 2 N–H and O–H groups in total. The maximum Gasteiger partial charge on any atom is 0.260 e. The van der Waals surface area contributed by atoms with Crippen molar-refractivity contribution in [2.24, 2.45) is 0 Å². The molecule has 3 rings (SSSR count). The van der Waals surface area contributed by atoms with Crippen LogP contribution in [-0.4, -0.2) is 17.2 Å². The van der Waals surface area contributed by atoms with E-state index in [2.05, 4.69) is 4.98 Å². The Morgan fingerprint density at radius 2 is 1.95 bits per heavy atom. The van der Waals surface area contributed by atoms with Gasteiger partial charge in [0.15, 0.2) is 0 Å². The van der Waals surface area contributed by atoms with Crippen molar-refractivity contribution in [3.05, 3.63) is 58.6 Å². The standard InChI is InChI=1S/C16H12FNO3/c1-21-13-5-3-2-4-10(13)14-15(19)11-8-9(17)6-7-12(11)18-16(14)20/h2-8H,1H3,(H2,18,19,20). The van der Waals surface area contributed by atoms with Crippen molar-refractivity contribution in [1.29, 1.82) is 0 Å². The number of halogens is 1. The predicted octanol–water partition coefficient (Wildman–Crippen LogP) is 3.05. The summed E-state index contributed by atoms with van der Waals surface area (Å²) in [6, 6.07) is 10.6. The number of fused-ring (bicyclic) bond motifs is 1. The quantitative estimate of drug-likeness (QED) is 0.760. The fourth-order valence-corrected chi connectivity index (χ4v) is 2.35. The van der Waals surface area contributed by atoms with Crippen LogP contribution in [0.3, 0.4) is 0 Å². The van der Waals surface area contributed by atoms with Crippen molar-refractivity contribution < 1.29 is 14.2 Å². The number of para-hydroxylation sites is 1. The number of nitrogens with one attached hydrogen (secondary N) is 1. The largest absolute Gasteiger partial charge is 0.506 e. The third-order valence-electron chi connectivity index (χ3n) is 3.33. The smallest absolute Gasteiger partial charge is 0.260 e. The molecular weight excluding hydrogens is 273 g/mol. The molecule has 0 atom stereocenters. The molecule has 0 fully saturated rings. The number of aromatic amines is 1. The molecule has 106 valence electrons. The number of ether oxygens (including phenoxy) is 1. The Morgan fingerprint density at radius 3 is 2.71 bits per heavy atom. The Hall–Kier alpha value is -2.82. The van der Waals surface area contributed by atoms with E-state index in [1.165, 1.54) is 25.3 Å². The Kier molecular flexibility index (Phi) is 3.10. The minimum atomic E-state index is -0.490. The minimum absolute atomic E-state index is 0.0607. The number of methoxy groups -OCH3 is 1. The SMILES string of the molecule is COc1ccccc1-c1c(O)c2cc(F)ccc2[nH]c1=O. The van der Waals surface area contributed by atoms with E-state index in [4.69, 9.17) is 4.74 Å². The van der Waals surface area contributed by atoms with Crippen molar-refractivity contribution in [3.8, 4) is 22.6 Å². The molecule has 0 amide bonds. The van der Waals surface area contributed by atoms with Crippen LogP contribution in [0.5, 0.6) is 11.5 Å². The summed E-state index contributed by atoms with van der Waals surface area (Å²) in [5, 5.41) is 10.6. The maximum absolute atomic E-state index is 13.4. The lowest BCUT2D eigenvalue weighted by atomic mass is 10.0. The zero-order valence-electron chi connectivity index (χ0n) is 11.2. The van der Waals surface area contributed by atoms with Crippen molar-refractivity contribution in [3.63, 3.8) is 0 Å². The molecule has 0 spiro atoms. The van der Waals surface area contributed by atoms with E-state index in [9.17, 15) is 14.3 Å². The van der Waals surface area contributed by atoms with Crippen LogP contribution in [0.1, 0.15) is 0 Å². The molecule has 0 radical (unpaired) electrons. The third kappa shape index (κ3) is 2.12. The van der Waals surface area contributed by atoms with E-state index in [-0.39, 0.29) is 16.7 Å². The van der Waals surface area contributed by atoms with Crippen molar-refractivity contribution in [1.82, 2.24) is 4.98 Å². The van der Waals surface area contributed by atoms with Gasteiger partial charge < -0.3 is 14.8 Å². The molecule has 1 heterocycles. The molecule has 2 aromatic carbocycles. The van der Waals surface area contributed by atoms with Crippen molar-refractivity contribution >= 4 is 10.9 Å². The number of H-pyrrole nitrogens is 1. The minimum Gasteiger partial charge on any atom is -0.506 e. The zero-order chi connectivity index (χ0) is 15.0. The van der Waals surface area contributed by atoms with Crippen LogP contribution in [0.15, 0.2) is 47.3 Å². The highest BCUT2D eigenvalue weighted by Gasteiger charge is 2.17. The van der Waals surface area contributed by atoms with Gasteiger partial charge in [0, 0.05) is 10.9 Å². The highest BCUT2D eigenvalue weighted by Crippen LogP contribution is 2.36. The Labute approximate surface area is 119 Å². The summed E-state index contributed by atoms with van der Waals surface area (Å²) in [5.74, 6) is -0.303. The third-order valence-corrected chi connectivity index (χ3v) is 3.33. The second-order valence-corrected chi connectivity index (χ2v) is 4.57. The van der Waals surface area contributed by atoms with Gasteiger partial charge in [0.1, 0.15) is 17.3 Å². The molecule has 0 aliphatic carbocycles. The number of hydrogen-bond donors (Lipinski definition) is 2. The van der Waals surface area contributed by atoms with Crippen LogP contribution < -0.4 is 10.3 Å². The van der Waals surface area contributed by atoms with Crippen LogP contribution in [-0.2, 0) is 0 Å². The van der Waals surface area contributed by atoms with Crippen LogP contribution >= 0.6 is 0 Å². The van der Waals surface area contributed by atoms with E-state index >= 15 is 0 Å². The number of pyridine rings is 1. The van der Waals surface area contributed by atoms with Gasteiger partial charge in [-0.25, -0.2) is 4.39 Å². The first kappa shape index (κ1) is 13.2. The first-order valence-corrected chi connectivity index (χ1v) is 6.29. The first-order valence-electron chi connectivity index (χ1n) is 6.29. The highest BCUT2D eigenvalue weighted by molar-refractivity contribution is 5.92. The molecule has 1 aromatic heterocycles. The van der Waals surface area contributed by atoms with Crippen molar-refractivity contribution in [2.45, 2.75) is 0 Å². The fourth-order valence-electron chi connectivity index (χ4n) is 2.35. The van der Waals surface area contributed by atoms with Gasteiger partial charge in [-0.3, -0.25) is 4.79 Å². The second kappa shape index (κ2) is 4.94. The van der Waals surface area contributed by atoms with Crippen LogP contribution in [0.4, 0.5) is 4.39 Å². The summed E-state index contributed by atoms with van der Waals surface area (Å²) in [5.41, 5.74) is 0.420. The molecular formula is C16H12FNO3. The zero-order valence-corrected chi connectivity index (χ0v) is 11.2. The number of rotatable bonds is 2. The molecule has 3 aromatic rings. The summed E-state index contributed by atoms with van der Waals surface area (Å²) in [4.78, 5) is 14.9. The van der Waals surface area contributed by atoms with Gasteiger partial charge in [-0.15, -0.1) is 0 Å². The molecule has 0 saturated carbocycles. The van der Waals surface area contributed by atoms with Gasteiger partial charge in [0.25, 0.3) is 5.56 Å². The molecule has 4 nitrogen and oxygen atoms in total. The highest BCUT2D eigenvalue weighted by atomic mass is 19.1. The molecule has 0 aliphatic heterocycles. The topological polar surface area (TPSA) is 62.3 Å². The van der Waals surface area contributed by atoms with Gasteiger partial charge in [-0.2, -0.15) is 0 Å². The van der Waals surface area contributed by atoms with E-state index in [0.29, 0.717) is 16.8 Å². The van der Waals surface area contributed by atoms with Crippen LogP contribution in [0.25, 0.3) is 22.0 Å². The summed E-state index contributed by atoms with van der Waals surface area (Å²) in [6.07, 6.45) is 0. The Balaban J connectivity index is 2.40. The molecule has 5 heteroatoms. The number of aromatic nitrogens is 1. The predicted molar refractivity (Wildman–Crippen MR) is 78.2 cm³/mol. The number of benzene rings is 2. The Morgan fingerprint density at radius 1 is 1.19 bits per heavy atom. The molecule has 0 aliphatic rings. The summed E-state index contributed by atoms with van der Waals surface area (Å²) >= 11 is 0. The lowest BCUT2D eigenvalue weighted by Crippen LogP contribution is -2.10. The van der Waals surface area contributed by atoms with Gasteiger partial charge in [-0.05, 0) is 24.3 Å². The summed E-state index contributed by atoms with van der Waals surface area (Å²) in [7, 11) is 1.48. The van der Waals surface area contributed by atoms with E-state index in [1.54, 1.807) is 24.3 Å². The van der Waals surface area contributed by atoms with E-state index in [0.717, 1.165) is 0 Å². The maximum atomic E-state index is 13.4. The molecule has 0 bridgehead atoms. The lowest BCUT2D eigenvalue weighted by Gasteiger charge is -2.11. The van der Waals surface area contributed by atoms with E-state index in [1.807, 2.05) is 0 Å². The fraction of sp³-hybridized carbons (Fsp3) is 0.0625. The number of hydrogen-bond acceptors (Lipinski definition) is 3.